The van der Waals surface area contributed by atoms with E-state index in [1.54, 1.807) is 0 Å². The van der Waals surface area contributed by atoms with Gasteiger partial charge in [-0.2, -0.15) is 0 Å². The van der Waals surface area contributed by atoms with Crippen molar-refractivity contribution in [2.45, 2.75) is 39.4 Å². The number of hydrogen-bond acceptors (Lipinski definition) is 4. The normalized spacial score (nSPS) is 16.7. The number of rotatable bonds is 8. The molecule has 4 rings (SSSR count). The average Bonchev–Trinajstić information content (AvgIpc) is 3.15. The van der Waals surface area contributed by atoms with E-state index >= 15 is 0 Å². The summed E-state index contributed by atoms with van der Waals surface area (Å²) in [7, 11) is 0. The molecule has 1 fully saturated rings. The molecule has 32 heavy (non-hydrogen) atoms. The first kappa shape index (κ1) is 21.9. The van der Waals surface area contributed by atoms with Gasteiger partial charge in [0.25, 0.3) is 0 Å². The van der Waals surface area contributed by atoms with Crippen molar-refractivity contribution in [3.8, 4) is 5.75 Å². The molecule has 168 valence electrons. The number of aryl methyl sites for hydroxylation is 1. The Labute approximate surface area is 188 Å². The lowest BCUT2D eigenvalue weighted by Crippen LogP contribution is -2.56. The minimum Gasteiger partial charge on any atom is -0.494 e. The molecule has 2 aromatic carbocycles. The fourth-order valence-electron chi connectivity index (χ4n) is 4.15. The Morgan fingerprint density at radius 1 is 1.16 bits per heavy atom. The molecule has 0 spiro atoms. The zero-order chi connectivity index (χ0) is 22.5. The van der Waals surface area contributed by atoms with E-state index in [0.29, 0.717) is 32.8 Å². The van der Waals surface area contributed by atoms with Crippen molar-refractivity contribution >= 4 is 22.7 Å². The van der Waals surface area contributed by atoms with Gasteiger partial charge in [-0.3, -0.25) is 14.5 Å². The van der Waals surface area contributed by atoms with E-state index in [9.17, 15) is 9.59 Å². The Kier molecular flexibility index (Phi) is 6.75. The number of amides is 2. The van der Waals surface area contributed by atoms with Crippen molar-refractivity contribution in [2.75, 3.05) is 19.7 Å². The zero-order valence-corrected chi connectivity index (χ0v) is 18.6. The molecule has 0 unspecified atom stereocenters. The van der Waals surface area contributed by atoms with Crippen molar-refractivity contribution < 1.29 is 14.3 Å². The summed E-state index contributed by atoms with van der Waals surface area (Å²) >= 11 is 0. The van der Waals surface area contributed by atoms with Crippen molar-refractivity contribution in [1.29, 1.82) is 0 Å². The number of piperazine rings is 1. The number of hydrogen-bond donors (Lipinski definition) is 3. The number of ether oxygens (including phenoxy) is 1. The highest BCUT2D eigenvalue weighted by molar-refractivity contribution is 5.89. The largest absolute Gasteiger partial charge is 0.494 e. The van der Waals surface area contributed by atoms with Gasteiger partial charge in [0, 0.05) is 37.4 Å². The van der Waals surface area contributed by atoms with Crippen LogP contribution in [0.5, 0.6) is 5.75 Å². The zero-order valence-electron chi connectivity index (χ0n) is 18.6. The summed E-state index contributed by atoms with van der Waals surface area (Å²) in [6.45, 7) is 6.95. The van der Waals surface area contributed by atoms with Crippen molar-refractivity contribution in [2.24, 2.45) is 0 Å². The van der Waals surface area contributed by atoms with Gasteiger partial charge in [0.1, 0.15) is 5.75 Å². The van der Waals surface area contributed by atoms with Gasteiger partial charge in [-0.1, -0.05) is 18.2 Å². The molecule has 7 nitrogen and oxygen atoms in total. The Morgan fingerprint density at radius 2 is 1.94 bits per heavy atom. The Morgan fingerprint density at radius 3 is 2.72 bits per heavy atom. The lowest BCUT2D eigenvalue weighted by atomic mass is 10.1. The number of aromatic amines is 1. The van der Waals surface area contributed by atoms with E-state index < -0.39 is 6.04 Å². The summed E-state index contributed by atoms with van der Waals surface area (Å²) < 4.78 is 5.50. The number of carbonyl (C=O) groups excluding carboxylic acids is 2. The lowest BCUT2D eigenvalue weighted by molar-refractivity contribution is -0.134. The van der Waals surface area contributed by atoms with Crippen molar-refractivity contribution in [3.05, 3.63) is 65.4 Å². The minimum absolute atomic E-state index is 0.0958. The van der Waals surface area contributed by atoms with Crippen LogP contribution in [-0.2, 0) is 22.7 Å². The number of benzene rings is 2. The molecule has 1 saturated heterocycles. The molecular formula is C25H30N4O3. The van der Waals surface area contributed by atoms with Crippen LogP contribution in [0.15, 0.2) is 48.5 Å². The van der Waals surface area contributed by atoms with E-state index in [1.165, 1.54) is 0 Å². The molecule has 2 amide bonds. The van der Waals surface area contributed by atoms with Gasteiger partial charge < -0.3 is 20.4 Å². The van der Waals surface area contributed by atoms with Crippen LogP contribution in [0.4, 0.5) is 0 Å². The average molecular weight is 435 g/mol. The maximum atomic E-state index is 12.7. The third-order valence-electron chi connectivity index (χ3n) is 5.75. The first-order chi connectivity index (χ1) is 15.5. The fraction of sp³-hybridized carbons (Fsp3) is 0.360. The Balaban J connectivity index is 1.36. The highest BCUT2D eigenvalue weighted by Gasteiger charge is 2.31. The third kappa shape index (κ3) is 5.29. The van der Waals surface area contributed by atoms with E-state index in [2.05, 4.69) is 32.7 Å². The van der Waals surface area contributed by atoms with Crippen LogP contribution in [-0.4, -0.2) is 47.4 Å². The summed E-state index contributed by atoms with van der Waals surface area (Å²) in [5.41, 5.74) is 4.31. The number of fused-ring (bicyclic) bond motifs is 1. The molecule has 0 saturated carbocycles. The quantitative estimate of drug-likeness (QED) is 0.509. The van der Waals surface area contributed by atoms with Gasteiger partial charge in [-0.25, -0.2) is 0 Å². The smallest absolute Gasteiger partial charge is 0.237 e. The maximum absolute atomic E-state index is 12.7. The molecule has 1 atom stereocenters. The van der Waals surface area contributed by atoms with Crippen LogP contribution in [0.1, 0.15) is 30.2 Å². The molecule has 3 N–H and O–H groups in total. The number of nitrogens with zero attached hydrogens (tertiary/aromatic N) is 1. The monoisotopic (exact) mass is 434 g/mol. The second-order valence-electron chi connectivity index (χ2n) is 8.21. The molecule has 0 aliphatic carbocycles. The molecule has 3 aromatic rings. The van der Waals surface area contributed by atoms with E-state index in [4.69, 9.17) is 4.74 Å². The molecular weight excluding hydrogens is 404 g/mol. The number of aromatic nitrogens is 1. The Hall–Kier alpha value is -3.32. The van der Waals surface area contributed by atoms with Crippen LogP contribution in [0.2, 0.25) is 0 Å². The first-order valence-electron chi connectivity index (χ1n) is 11.1. The van der Waals surface area contributed by atoms with E-state index in [-0.39, 0.29) is 18.2 Å². The van der Waals surface area contributed by atoms with E-state index in [1.807, 2.05) is 50.2 Å². The predicted molar refractivity (Wildman–Crippen MR) is 124 cm³/mol. The van der Waals surface area contributed by atoms with Crippen LogP contribution < -0.4 is 15.4 Å². The summed E-state index contributed by atoms with van der Waals surface area (Å²) in [6, 6.07) is 15.6. The molecule has 1 aromatic heterocycles. The Bertz CT molecular complexity index is 1090. The topological polar surface area (TPSA) is 86.5 Å². The SMILES string of the molecule is CCOc1ccc(CN2CCNC(=O)[C@@H]2CC(=O)NCc2ccc3[nH]c(C)cc3c2)cc1. The van der Waals surface area contributed by atoms with Crippen molar-refractivity contribution in [3.63, 3.8) is 0 Å². The summed E-state index contributed by atoms with van der Waals surface area (Å²) in [6.07, 6.45) is 0.133. The second-order valence-corrected chi connectivity index (χ2v) is 8.21. The standard InChI is InChI=1S/C25H30N4O3/c1-3-32-21-7-4-18(5-8-21)16-29-11-10-26-25(31)23(29)14-24(30)27-15-19-6-9-22-20(13-19)12-17(2)28-22/h4-9,12-13,23,28H,3,10-11,14-16H2,1-2H3,(H,26,31)(H,27,30)/t23-/m0/s1. The predicted octanol–water partition coefficient (Wildman–Crippen LogP) is 2.88. The van der Waals surface area contributed by atoms with Gasteiger partial charge in [0.15, 0.2) is 0 Å². The molecule has 0 radical (unpaired) electrons. The van der Waals surface area contributed by atoms with Gasteiger partial charge >= 0.3 is 0 Å². The highest BCUT2D eigenvalue weighted by Crippen LogP contribution is 2.19. The first-order valence-corrected chi connectivity index (χ1v) is 11.1. The lowest BCUT2D eigenvalue weighted by Gasteiger charge is -2.34. The molecule has 7 heteroatoms. The van der Waals surface area contributed by atoms with Crippen molar-refractivity contribution in [1.82, 2.24) is 20.5 Å². The third-order valence-corrected chi connectivity index (χ3v) is 5.75. The fourth-order valence-corrected chi connectivity index (χ4v) is 4.15. The van der Waals surface area contributed by atoms with Gasteiger partial charge in [-0.05, 0) is 60.7 Å². The number of H-pyrrole nitrogens is 1. The van der Waals surface area contributed by atoms with Gasteiger partial charge in [0.2, 0.25) is 11.8 Å². The van der Waals surface area contributed by atoms with Crippen LogP contribution in [0, 0.1) is 6.92 Å². The van der Waals surface area contributed by atoms with Crippen LogP contribution in [0.25, 0.3) is 10.9 Å². The van der Waals surface area contributed by atoms with Gasteiger partial charge in [-0.15, -0.1) is 0 Å². The summed E-state index contributed by atoms with van der Waals surface area (Å²) in [4.78, 5) is 30.6. The van der Waals surface area contributed by atoms with Crippen LogP contribution >= 0.6 is 0 Å². The molecule has 1 aliphatic heterocycles. The molecule has 2 heterocycles. The summed E-state index contributed by atoms with van der Waals surface area (Å²) in [5.74, 6) is 0.604. The minimum atomic E-state index is -0.481. The van der Waals surface area contributed by atoms with E-state index in [0.717, 1.165) is 33.5 Å². The van der Waals surface area contributed by atoms with Crippen LogP contribution in [0.3, 0.4) is 0 Å². The molecule has 0 bridgehead atoms. The van der Waals surface area contributed by atoms with Gasteiger partial charge in [0.05, 0.1) is 19.1 Å². The summed E-state index contributed by atoms with van der Waals surface area (Å²) in [5, 5.41) is 6.99. The number of carbonyl (C=O) groups is 2. The molecule has 1 aliphatic rings. The maximum Gasteiger partial charge on any atom is 0.237 e. The highest BCUT2D eigenvalue weighted by atomic mass is 16.5. The number of nitrogens with one attached hydrogen (secondary N) is 3. The second kappa shape index (κ2) is 9.87.